The van der Waals surface area contributed by atoms with Gasteiger partial charge in [-0.3, -0.25) is 19.2 Å². The second kappa shape index (κ2) is 17.7. The third kappa shape index (κ3) is 9.36. The molecule has 3 aromatic carbocycles. The van der Waals surface area contributed by atoms with Crippen LogP contribution in [0.25, 0.3) is 0 Å². The second-order valence-corrected chi connectivity index (χ2v) is 15.2. The number of amides is 4. The lowest BCUT2D eigenvalue weighted by Gasteiger charge is -2.35. The van der Waals surface area contributed by atoms with Crippen LogP contribution in [-0.4, -0.2) is 64.8 Å². The highest BCUT2D eigenvalue weighted by molar-refractivity contribution is 7.99. The van der Waals surface area contributed by atoms with Gasteiger partial charge in [-0.1, -0.05) is 78.9 Å². The van der Waals surface area contributed by atoms with Gasteiger partial charge in [0.15, 0.2) is 0 Å². The Morgan fingerprint density at radius 3 is 1.76 bits per heavy atom. The van der Waals surface area contributed by atoms with Gasteiger partial charge in [-0.15, -0.1) is 11.8 Å². The molecule has 9 heteroatoms. The van der Waals surface area contributed by atoms with Crippen LogP contribution < -0.4 is 15.5 Å². The van der Waals surface area contributed by atoms with Crippen LogP contribution in [-0.2, 0) is 32.0 Å². The first-order valence-corrected chi connectivity index (χ1v) is 19.5. The zero-order valence-corrected chi connectivity index (χ0v) is 29.7. The summed E-state index contributed by atoms with van der Waals surface area (Å²) in [6.45, 7) is 1.37. The van der Waals surface area contributed by atoms with Crippen LogP contribution in [0.4, 0.5) is 5.69 Å². The van der Waals surface area contributed by atoms with Crippen molar-refractivity contribution in [2.24, 2.45) is 11.8 Å². The first-order chi connectivity index (χ1) is 24.5. The van der Waals surface area contributed by atoms with Crippen molar-refractivity contribution in [2.45, 2.75) is 88.1 Å². The maximum atomic E-state index is 14.2. The van der Waals surface area contributed by atoms with Gasteiger partial charge in [-0.2, -0.15) is 0 Å². The van der Waals surface area contributed by atoms with Crippen molar-refractivity contribution in [3.63, 3.8) is 0 Å². The third-order valence-corrected chi connectivity index (χ3v) is 11.7. The van der Waals surface area contributed by atoms with E-state index in [1.54, 1.807) is 4.90 Å². The Hall–Kier alpha value is -4.11. The number of benzene rings is 3. The number of fused-ring (bicyclic) bond motifs is 1. The molecule has 3 saturated heterocycles. The van der Waals surface area contributed by atoms with Crippen molar-refractivity contribution >= 4 is 41.1 Å². The first-order valence-electron chi connectivity index (χ1n) is 18.4. The van der Waals surface area contributed by atoms with E-state index in [1.165, 1.54) is 0 Å². The summed E-state index contributed by atoms with van der Waals surface area (Å²) in [5.74, 6) is -0.360. The van der Waals surface area contributed by atoms with Crippen molar-refractivity contribution in [1.29, 1.82) is 0 Å². The topological polar surface area (TPSA) is 98.8 Å². The largest absolute Gasteiger partial charge is 0.344 e. The van der Waals surface area contributed by atoms with Crippen LogP contribution in [0.5, 0.6) is 0 Å². The number of carbonyl (C=O) groups excluding carboxylic acids is 4. The lowest BCUT2D eigenvalue weighted by Crippen LogP contribution is -2.52. The van der Waals surface area contributed by atoms with Crippen LogP contribution in [0.3, 0.4) is 0 Å². The maximum Gasteiger partial charge on any atom is 0.249 e. The molecule has 3 aliphatic rings. The Bertz CT molecular complexity index is 1570. The van der Waals surface area contributed by atoms with Gasteiger partial charge in [-0.05, 0) is 99.6 Å². The predicted molar refractivity (Wildman–Crippen MR) is 199 cm³/mol. The lowest BCUT2D eigenvalue weighted by atomic mass is 9.86. The Morgan fingerprint density at radius 2 is 1.16 bits per heavy atom. The molecule has 0 unspecified atom stereocenters. The van der Waals surface area contributed by atoms with Crippen molar-refractivity contribution < 1.29 is 19.2 Å². The number of piperidine rings is 1. The summed E-state index contributed by atoms with van der Waals surface area (Å²) in [6.07, 6.45) is 8.04. The third-order valence-electron chi connectivity index (χ3n) is 10.4. The second-order valence-electron chi connectivity index (χ2n) is 13.9. The molecule has 264 valence electrons. The highest BCUT2D eigenvalue weighted by Crippen LogP contribution is 2.31. The van der Waals surface area contributed by atoms with Gasteiger partial charge in [0.05, 0.1) is 5.37 Å². The van der Waals surface area contributed by atoms with Gasteiger partial charge in [-0.25, -0.2) is 0 Å². The molecule has 2 N–H and O–H groups in total. The molecule has 0 radical (unpaired) electrons. The molecule has 3 fully saturated rings. The summed E-state index contributed by atoms with van der Waals surface area (Å²) in [6, 6.07) is 28.4. The summed E-state index contributed by atoms with van der Waals surface area (Å²) in [5, 5.41) is 6.53. The molecule has 4 amide bonds. The maximum absolute atomic E-state index is 14.2. The van der Waals surface area contributed by atoms with Crippen LogP contribution in [0.1, 0.15) is 68.9 Å². The lowest BCUT2D eigenvalue weighted by molar-refractivity contribution is -0.138. The molecular formula is C41H50N4O4S. The highest BCUT2D eigenvalue weighted by Gasteiger charge is 2.37. The van der Waals surface area contributed by atoms with E-state index in [9.17, 15) is 19.2 Å². The fraction of sp³-hybridized carbons (Fsp3) is 0.463. The first kappa shape index (κ1) is 35.7. The summed E-state index contributed by atoms with van der Waals surface area (Å²) < 4.78 is 0. The molecule has 3 aliphatic heterocycles. The number of rotatable bonds is 12. The summed E-state index contributed by atoms with van der Waals surface area (Å²) in [4.78, 5) is 59.4. The number of carbonyl (C=O) groups is 4. The number of para-hydroxylation sites is 1. The van der Waals surface area contributed by atoms with Gasteiger partial charge in [0.1, 0.15) is 12.1 Å². The van der Waals surface area contributed by atoms with E-state index in [1.807, 2.05) is 108 Å². The monoisotopic (exact) mass is 694 g/mol. The van der Waals surface area contributed by atoms with Crippen molar-refractivity contribution in [2.75, 3.05) is 23.7 Å². The van der Waals surface area contributed by atoms with E-state index >= 15 is 0 Å². The Labute approximate surface area is 300 Å². The molecular weight excluding hydrogens is 645 g/mol. The van der Waals surface area contributed by atoms with E-state index in [4.69, 9.17) is 0 Å². The minimum Gasteiger partial charge on any atom is -0.344 e. The molecule has 0 aromatic heterocycles. The normalized spacial score (nSPS) is 22.4. The van der Waals surface area contributed by atoms with E-state index in [0.717, 1.165) is 61.2 Å². The Kier molecular flexibility index (Phi) is 12.6. The molecule has 3 aromatic rings. The molecule has 0 aliphatic carbocycles. The SMILES string of the molecule is O=C(N[C@H]1CCCCN(c2ccccc2)C1=O)[C@H](CC[C@H](Cc1ccccc1)C(=O)N[C@H]1CCS[C@H]2CCCCN2C1=O)Cc1ccccc1. The van der Waals surface area contributed by atoms with Gasteiger partial charge >= 0.3 is 0 Å². The van der Waals surface area contributed by atoms with Crippen molar-refractivity contribution in [3.05, 3.63) is 102 Å². The number of thioether (sulfide) groups is 1. The molecule has 8 nitrogen and oxygen atoms in total. The van der Waals surface area contributed by atoms with E-state index < -0.39 is 23.9 Å². The summed E-state index contributed by atoms with van der Waals surface area (Å²) in [5.41, 5.74) is 2.92. The van der Waals surface area contributed by atoms with E-state index in [2.05, 4.69) is 10.6 Å². The zero-order chi connectivity index (χ0) is 34.7. The number of nitrogens with one attached hydrogen (secondary N) is 2. The smallest absolute Gasteiger partial charge is 0.249 e. The van der Waals surface area contributed by atoms with E-state index in [0.29, 0.717) is 45.1 Å². The highest BCUT2D eigenvalue weighted by atomic mass is 32.2. The van der Waals surface area contributed by atoms with Gasteiger partial charge < -0.3 is 20.4 Å². The van der Waals surface area contributed by atoms with Crippen LogP contribution in [0.2, 0.25) is 0 Å². The predicted octanol–water partition coefficient (Wildman–Crippen LogP) is 6.15. The van der Waals surface area contributed by atoms with Crippen LogP contribution in [0, 0.1) is 11.8 Å². The quantitative estimate of drug-likeness (QED) is 0.237. The molecule has 3 heterocycles. The minimum absolute atomic E-state index is 0.0328. The number of anilines is 1. The minimum atomic E-state index is -0.607. The van der Waals surface area contributed by atoms with Crippen LogP contribution in [0.15, 0.2) is 91.0 Å². The summed E-state index contributed by atoms with van der Waals surface area (Å²) >= 11 is 1.83. The van der Waals surface area contributed by atoms with Gasteiger partial charge in [0.25, 0.3) is 0 Å². The van der Waals surface area contributed by atoms with Gasteiger partial charge in [0, 0.05) is 30.6 Å². The zero-order valence-electron chi connectivity index (χ0n) is 28.9. The summed E-state index contributed by atoms with van der Waals surface area (Å²) in [7, 11) is 0. The van der Waals surface area contributed by atoms with Crippen LogP contribution >= 0.6 is 11.8 Å². The number of hydrogen-bond donors (Lipinski definition) is 2. The molecule has 6 rings (SSSR count). The van der Waals surface area contributed by atoms with Crippen molar-refractivity contribution in [3.8, 4) is 0 Å². The fourth-order valence-corrected chi connectivity index (χ4v) is 8.94. The standard InChI is InChI=1S/C41H50N4O4S/c46-38(42-35-20-10-12-25-44(40(35)48)34-18-8-3-9-19-34)32(28-30-14-4-1-5-15-30)22-23-33(29-31-16-6-2-7-17-31)39(47)43-36-24-27-50-37-21-11-13-26-45(37)41(36)49/h1-9,14-19,32-33,35-37H,10-13,20-29H2,(H,42,46)(H,43,47)/t32-,33-,35+,36+,37+/m1/s1. The average molecular weight is 695 g/mol. The molecule has 50 heavy (non-hydrogen) atoms. The fourth-order valence-electron chi connectivity index (χ4n) is 7.57. The molecule has 0 saturated carbocycles. The number of hydrogen-bond acceptors (Lipinski definition) is 5. The average Bonchev–Trinajstić information content (AvgIpc) is 3.43. The Morgan fingerprint density at radius 1 is 0.640 bits per heavy atom. The van der Waals surface area contributed by atoms with Crippen molar-refractivity contribution in [1.82, 2.24) is 15.5 Å². The number of nitrogens with zero attached hydrogens (tertiary/aromatic N) is 2. The molecule has 0 bridgehead atoms. The van der Waals surface area contributed by atoms with E-state index in [-0.39, 0.29) is 29.0 Å². The van der Waals surface area contributed by atoms with Gasteiger partial charge in [0.2, 0.25) is 23.6 Å². The molecule has 5 atom stereocenters. The molecule has 0 spiro atoms. The Balaban J connectivity index is 1.18.